The molecule has 5 rings (SSSR count). The van der Waals surface area contributed by atoms with E-state index < -0.39 is 30.0 Å². The van der Waals surface area contributed by atoms with Gasteiger partial charge in [-0.1, -0.05) is 11.6 Å². The molecule has 4 heterocycles. The molecule has 10 nitrogen and oxygen atoms in total. The summed E-state index contributed by atoms with van der Waals surface area (Å²) in [6.07, 6.45) is -1.47. The number of alkyl halides is 3. The second-order valence-corrected chi connectivity index (χ2v) is 9.56. The van der Waals surface area contributed by atoms with Crippen molar-refractivity contribution in [3.63, 3.8) is 0 Å². The van der Waals surface area contributed by atoms with E-state index in [0.717, 1.165) is 12.3 Å². The first-order valence-corrected chi connectivity index (χ1v) is 11.8. The van der Waals surface area contributed by atoms with Crippen LogP contribution < -0.4 is 10.2 Å². The molecule has 0 unspecified atom stereocenters. The van der Waals surface area contributed by atoms with Gasteiger partial charge in [0.15, 0.2) is 11.5 Å². The van der Waals surface area contributed by atoms with Crippen molar-refractivity contribution in [2.24, 2.45) is 5.92 Å². The van der Waals surface area contributed by atoms with Crippen LogP contribution in [0.3, 0.4) is 0 Å². The van der Waals surface area contributed by atoms with Gasteiger partial charge in [-0.05, 0) is 18.9 Å². The number of ether oxygens (including phenoxy) is 1. The van der Waals surface area contributed by atoms with Crippen molar-refractivity contribution in [2.45, 2.75) is 43.3 Å². The summed E-state index contributed by atoms with van der Waals surface area (Å²) >= 11 is 6.11. The number of halogens is 4. The fourth-order valence-electron chi connectivity index (χ4n) is 5.04. The molecule has 1 aliphatic carbocycles. The molecule has 3 aromatic heterocycles. The molecule has 1 saturated heterocycles. The fraction of sp³-hybridized carbons (Fsp3) is 0.545. The number of aliphatic hydroxyl groups is 2. The fourth-order valence-corrected chi connectivity index (χ4v) is 5.32. The number of hydrogen-bond acceptors (Lipinski definition) is 9. The van der Waals surface area contributed by atoms with Crippen LogP contribution in [0.5, 0.6) is 0 Å². The molecule has 2 aliphatic rings. The first kappa shape index (κ1) is 24.9. The van der Waals surface area contributed by atoms with Crippen LogP contribution in [0.4, 0.5) is 24.8 Å². The number of pyridine rings is 1. The van der Waals surface area contributed by atoms with Crippen molar-refractivity contribution < 1.29 is 28.1 Å². The van der Waals surface area contributed by atoms with Gasteiger partial charge in [-0.25, -0.2) is 19.9 Å². The third-order valence-corrected chi connectivity index (χ3v) is 7.12. The molecule has 2 fully saturated rings. The molecule has 1 aliphatic heterocycles. The number of rotatable bonds is 6. The van der Waals surface area contributed by atoms with Gasteiger partial charge in [0, 0.05) is 38.4 Å². The number of hydrogen-bond donors (Lipinski definition) is 3. The minimum Gasteiger partial charge on any atom is -0.390 e. The normalized spacial score (nSPS) is 26.8. The quantitative estimate of drug-likeness (QED) is 0.444. The number of nitrogens with zero attached hydrogens (tertiary/aromatic N) is 6. The number of nitrogens with one attached hydrogen (secondary N) is 1. The van der Waals surface area contributed by atoms with Crippen LogP contribution in [0.15, 0.2) is 24.9 Å². The second-order valence-electron chi connectivity index (χ2n) is 9.15. The van der Waals surface area contributed by atoms with Gasteiger partial charge >= 0.3 is 6.18 Å². The molecule has 1 saturated carbocycles. The van der Waals surface area contributed by atoms with Crippen molar-refractivity contribution in [1.29, 1.82) is 0 Å². The van der Waals surface area contributed by atoms with Crippen LogP contribution in [0.25, 0.3) is 11.2 Å². The van der Waals surface area contributed by atoms with Gasteiger partial charge in [0.2, 0.25) is 0 Å². The number of methoxy groups -OCH3 is 1. The molecule has 0 bridgehead atoms. The zero-order chi connectivity index (χ0) is 25.6. The zero-order valence-electron chi connectivity index (χ0n) is 19.2. The van der Waals surface area contributed by atoms with E-state index in [1.807, 2.05) is 4.90 Å². The first-order valence-electron chi connectivity index (χ1n) is 11.4. The lowest BCUT2D eigenvalue weighted by Gasteiger charge is -2.20. The largest absolute Gasteiger partial charge is 0.417 e. The molecule has 3 N–H and O–H groups in total. The van der Waals surface area contributed by atoms with Crippen LogP contribution in [0.1, 0.15) is 24.4 Å². The number of aromatic nitrogens is 5. The molecule has 0 spiro atoms. The summed E-state index contributed by atoms with van der Waals surface area (Å²) in [5.41, 5.74) is 0.139. The highest BCUT2D eigenvalue weighted by atomic mass is 35.5. The molecule has 194 valence electrons. The van der Waals surface area contributed by atoms with Crippen LogP contribution in [0.2, 0.25) is 5.02 Å². The Labute approximate surface area is 209 Å². The summed E-state index contributed by atoms with van der Waals surface area (Å²) < 4.78 is 45.7. The Bertz CT molecular complexity index is 1240. The summed E-state index contributed by atoms with van der Waals surface area (Å²) in [6, 6.07) is 0.387. The van der Waals surface area contributed by atoms with E-state index in [1.54, 1.807) is 18.0 Å². The van der Waals surface area contributed by atoms with Crippen molar-refractivity contribution in [3.8, 4) is 0 Å². The summed E-state index contributed by atoms with van der Waals surface area (Å²) in [5.74, 6) is 0.589. The average Bonchev–Trinajstić information content (AvgIpc) is 3.54. The van der Waals surface area contributed by atoms with E-state index in [4.69, 9.17) is 16.3 Å². The van der Waals surface area contributed by atoms with E-state index in [2.05, 4.69) is 25.3 Å². The van der Waals surface area contributed by atoms with Gasteiger partial charge in [0.25, 0.3) is 0 Å². The first-order chi connectivity index (χ1) is 17.2. The number of aliphatic hydroxyl groups excluding tert-OH is 2. The molecular formula is C22H25ClF3N7O3. The number of fused-ring (bicyclic) bond motifs is 1. The van der Waals surface area contributed by atoms with Gasteiger partial charge in [-0.15, -0.1) is 0 Å². The highest BCUT2D eigenvalue weighted by molar-refractivity contribution is 6.33. The third kappa shape index (κ3) is 4.56. The smallest absolute Gasteiger partial charge is 0.390 e. The maximum Gasteiger partial charge on any atom is 0.417 e. The molecule has 0 aromatic carbocycles. The van der Waals surface area contributed by atoms with Crippen molar-refractivity contribution in [1.82, 2.24) is 24.5 Å². The van der Waals surface area contributed by atoms with E-state index in [0.29, 0.717) is 55.3 Å². The minimum atomic E-state index is -4.51. The van der Waals surface area contributed by atoms with Gasteiger partial charge in [0.05, 0.1) is 35.7 Å². The lowest BCUT2D eigenvalue weighted by atomic mass is 10.1. The second kappa shape index (κ2) is 9.61. The Morgan fingerprint density at radius 3 is 2.72 bits per heavy atom. The molecule has 5 atom stereocenters. The van der Waals surface area contributed by atoms with Crippen molar-refractivity contribution in [3.05, 3.63) is 35.5 Å². The van der Waals surface area contributed by atoms with Crippen LogP contribution in [0, 0.1) is 5.92 Å². The monoisotopic (exact) mass is 527 g/mol. The third-order valence-electron chi connectivity index (χ3n) is 6.85. The maximum atomic E-state index is 12.9. The molecule has 0 amide bonds. The van der Waals surface area contributed by atoms with Gasteiger partial charge in [-0.3, -0.25) is 0 Å². The highest BCUT2D eigenvalue weighted by Crippen LogP contribution is 2.38. The average molecular weight is 528 g/mol. The summed E-state index contributed by atoms with van der Waals surface area (Å²) in [7, 11) is 1.55. The van der Waals surface area contributed by atoms with Crippen molar-refractivity contribution >= 4 is 34.4 Å². The number of imidazole rings is 1. The Kier molecular flexibility index (Phi) is 6.66. The lowest BCUT2D eigenvalue weighted by Crippen LogP contribution is -2.30. The van der Waals surface area contributed by atoms with Crippen LogP contribution in [-0.2, 0) is 10.9 Å². The zero-order valence-corrected chi connectivity index (χ0v) is 20.0. The summed E-state index contributed by atoms with van der Waals surface area (Å²) in [5, 5.41) is 24.3. The van der Waals surface area contributed by atoms with Gasteiger partial charge < -0.3 is 29.7 Å². The maximum absolute atomic E-state index is 12.9. The topological polar surface area (TPSA) is 121 Å². The molecule has 3 aromatic rings. The SMILES string of the molecule is COC[C@H]1C[C@@H](n2cnc3c(N[C@H]4CCN(c5ncc(C(F)(F)F)cc5Cl)C4)ncnc32)[C@H](O)[C@@H]1O. The Morgan fingerprint density at radius 2 is 2.00 bits per heavy atom. The number of anilines is 2. The van der Waals surface area contributed by atoms with E-state index >= 15 is 0 Å². The van der Waals surface area contributed by atoms with Gasteiger partial charge in [-0.2, -0.15) is 13.2 Å². The van der Waals surface area contributed by atoms with E-state index in [-0.39, 0.29) is 17.0 Å². The lowest BCUT2D eigenvalue weighted by molar-refractivity contribution is -0.137. The van der Waals surface area contributed by atoms with E-state index in [1.165, 1.54) is 6.33 Å². The predicted octanol–water partition coefficient (Wildman–Crippen LogP) is 2.51. The molecule has 36 heavy (non-hydrogen) atoms. The summed E-state index contributed by atoms with van der Waals surface area (Å²) in [6.45, 7) is 1.33. The van der Waals surface area contributed by atoms with Crippen LogP contribution >= 0.6 is 11.6 Å². The molecule has 14 heteroatoms. The highest BCUT2D eigenvalue weighted by Gasteiger charge is 2.43. The predicted molar refractivity (Wildman–Crippen MR) is 125 cm³/mol. The molecule has 0 radical (unpaired) electrons. The van der Waals surface area contributed by atoms with Crippen molar-refractivity contribution in [2.75, 3.05) is 37.0 Å². The Balaban J connectivity index is 1.32. The Hall–Kier alpha value is -2.74. The standard InChI is InChI=1S/C22H25ClF3N7O3/c1-36-8-11-4-15(18(35)17(11)34)33-10-30-16-19(28-9-29-21(16)33)31-13-2-3-32(7-13)20-14(23)5-12(6-27-20)22(24,25)26/h5-6,9-11,13,15,17-18,34-35H,2-4,7-8H2,1H3,(H,28,29,31)/t11-,13+,15-,17-,18+/m1/s1. The Morgan fingerprint density at radius 1 is 1.19 bits per heavy atom. The summed E-state index contributed by atoms with van der Waals surface area (Å²) in [4.78, 5) is 18.9. The minimum absolute atomic E-state index is 0.0577. The van der Waals surface area contributed by atoms with Gasteiger partial charge in [0.1, 0.15) is 23.8 Å². The molecular weight excluding hydrogens is 503 g/mol. The van der Waals surface area contributed by atoms with E-state index in [9.17, 15) is 23.4 Å². The van der Waals surface area contributed by atoms with Crippen LogP contribution in [-0.4, -0.2) is 79.8 Å².